The topological polar surface area (TPSA) is 12.5 Å². The normalized spacial score (nSPS) is 27.0. The van der Waals surface area contributed by atoms with Crippen LogP contribution < -0.4 is 0 Å². The molecule has 190 valence electrons. The van der Waals surface area contributed by atoms with E-state index in [1.54, 1.807) is 0 Å². The molecule has 2 aliphatic heterocycles. The fourth-order valence-corrected chi connectivity index (χ4v) is 81.1. The van der Waals surface area contributed by atoms with Gasteiger partial charge in [0.15, 0.2) is 0 Å². The Morgan fingerprint density at radius 1 is 0.531 bits per heavy atom. The third-order valence-electron chi connectivity index (χ3n) is 9.34. The van der Waals surface area contributed by atoms with Crippen molar-refractivity contribution in [1.82, 2.24) is 5.06 Å². The zero-order chi connectivity index (χ0) is 25.4. The van der Waals surface area contributed by atoms with Crippen molar-refractivity contribution in [1.29, 1.82) is 0 Å². The number of hydroxylamine groups is 2. The first kappa shape index (κ1) is 29.9. The quantitative estimate of drug-likeness (QED) is 0.256. The molecule has 0 radical (unpaired) electrons. The van der Waals surface area contributed by atoms with Gasteiger partial charge in [-0.25, -0.2) is 0 Å². The molecule has 0 aromatic rings. The minimum absolute atomic E-state index is 0.148. The second kappa shape index (κ2) is 8.62. The summed E-state index contributed by atoms with van der Waals surface area (Å²) in [6, 6.07) is 0. The standard InChI is InChI=1S/C16H40Si4.C9H18NO.Bi/c1-17(2,3)15(18(4,5)6)13-14-16(19(7,8)9)20(10,11)12;1-8(2)6-5-7-9(3,4)10(8)11;/h13-14H2,1-12H3;5-7H2,1-4H3;/q;-1;+1. The van der Waals surface area contributed by atoms with Crippen LogP contribution in [0.25, 0.3) is 0 Å². The van der Waals surface area contributed by atoms with Crippen LogP contribution in [-0.2, 0) is 2.91 Å². The summed E-state index contributed by atoms with van der Waals surface area (Å²) in [7, 11) is -5.81. The van der Waals surface area contributed by atoms with E-state index in [-0.39, 0.29) is 11.1 Å². The summed E-state index contributed by atoms with van der Waals surface area (Å²) in [6.45, 7) is 42.7. The molecule has 0 N–H and O–H groups in total. The van der Waals surface area contributed by atoms with E-state index >= 15 is 0 Å². The fraction of sp³-hybridized carbons (Fsp3) is 1.00. The van der Waals surface area contributed by atoms with E-state index in [1.807, 2.05) is 0 Å². The SMILES string of the molecule is CC1(C)CCCC(C)(C)N1[O][Bi]1[C]([Si](C)(C)C)([Si](C)(C)C)CC[C]1([Si](C)(C)C)[Si](C)(C)C. The summed E-state index contributed by atoms with van der Waals surface area (Å²) in [4.78, 5) is 0. The Kier molecular flexibility index (Phi) is 8.05. The van der Waals surface area contributed by atoms with Crippen molar-refractivity contribution in [3.05, 3.63) is 0 Å². The number of hydrogen-bond acceptors (Lipinski definition) is 2. The Bertz CT molecular complexity index is 611. The van der Waals surface area contributed by atoms with Gasteiger partial charge in [0.2, 0.25) is 0 Å². The first-order valence-electron chi connectivity index (χ1n) is 13.2. The third-order valence-corrected chi connectivity index (χ3v) is 76.1. The molecular weight excluding hydrogens is 652 g/mol. The van der Waals surface area contributed by atoms with E-state index in [0.717, 1.165) is 0 Å². The molecule has 2 nitrogen and oxygen atoms in total. The van der Waals surface area contributed by atoms with Crippen LogP contribution in [0.5, 0.6) is 0 Å². The van der Waals surface area contributed by atoms with Crippen LogP contribution in [0.15, 0.2) is 0 Å². The molecule has 2 saturated heterocycles. The van der Waals surface area contributed by atoms with Crippen LogP contribution in [-0.4, -0.2) is 70.6 Å². The fourth-order valence-electron chi connectivity index (χ4n) is 8.28. The van der Waals surface area contributed by atoms with Gasteiger partial charge in [-0.3, -0.25) is 0 Å². The van der Waals surface area contributed by atoms with Crippen molar-refractivity contribution < 1.29 is 2.91 Å². The number of rotatable bonds is 6. The Morgan fingerprint density at radius 2 is 0.812 bits per heavy atom. The van der Waals surface area contributed by atoms with Crippen LogP contribution in [0.2, 0.25) is 83.3 Å². The summed E-state index contributed by atoms with van der Waals surface area (Å²) in [6.07, 6.45) is 6.88. The monoisotopic (exact) mass is 709 g/mol. The molecule has 0 aromatic heterocycles. The van der Waals surface area contributed by atoms with E-state index < -0.39 is 54.5 Å². The third kappa shape index (κ3) is 4.58. The van der Waals surface area contributed by atoms with Crippen molar-refractivity contribution in [2.45, 2.75) is 154 Å². The number of hydrogen-bond donors (Lipinski definition) is 0. The van der Waals surface area contributed by atoms with Crippen molar-refractivity contribution in [3.63, 3.8) is 0 Å². The zero-order valence-electron chi connectivity index (χ0n) is 24.8. The van der Waals surface area contributed by atoms with Crippen molar-refractivity contribution in [2.24, 2.45) is 0 Å². The average molecular weight is 710 g/mol. The molecule has 7 heteroatoms. The minimum atomic E-state index is -2.60. The Morgan fingerprint density at radius 3 is 1.06 bits per heavy atom. The molecule has 0 atom stereocenters. The Labute approximate surface area is 215 Å². The van der Waals surface area contributed by atoms with Gasteiger partial charge in [-0.15, -0.1) is 0 Å². The van der Waals surface area contributed by atoms with Gasteiger partial charge in [0.1, 0.15) is 0 Å². The van der Waals surface area contributed by atoms with E-state index in [9.17, 15) is 0 Å². The Hall–Kier alpha value is 1.67. The first-order valence-corrected chi connectivity index (χ1v) is 32.1. The van der Waals surface area contributed by atoms with Gasteiger partial charge in [-0.05, 0) is 0 Å². The molecule has 0 saturated carbocycles. The van der Waals surface area contributed by atoms with Crippen LogP contribution in [0.3, 0.4) is 0 Å². The van der Waals surface area contributed by atoms with Crippen LogP contribution >= 0.6 is 0 Å². The van der Waals surface area contributed by atoms with Gasteiger partial charge in [-0.2, -0.15) is 0 Å². The molecule has 0 aromatic carbocycles. The predicted molar refractivity (Wildman–Crippen MR) is 159 cm³/mol. The molecule has 2 aliphatic rings. The molecule has 0 aliphatic carbocycles. The van der Waals surface area contributed by atoms with Gasteiger partial charge in [-0.1, -0.05) is 0 Å². The van der Waals surface area contributed by atoms with Crippen LogP contribution in [0, 0.1) is 0 Å². The number of nitrogens with zero attached hydrogens (tertiary/aromatic N) is 1. The van der Waals surface area contributed by atoms with E-state index in [4.69, 9.17) is 2.91 Å². The molecular formula is C25H58BiNOSi4. The van der Waals surface area contributed by atoms with Gasteiger partial charge < -0.3 is 0 Å². The summed E-state index contributed by atoms with van der Waals surface area (Å²) < 4.78 is 9.22. The van der Waals surface area contributed by atoms with Crippen LogP contribution in [0.4, 0.5) is 0 Å². The van der Waals surface area contributed by atoms with E-state index in [0.29, 0.717) is 4.74 Å². The maximum atomic E-state index is 8.00. The van der Waals surface area contributed by atoms with Gasteiger partial charge in [0.25, 0.3) is 0 Å². The molecule has 32 heavy (non-hydrogen) atoms. The molecule has 2 rings (SSSR count). The molecule has 0 unspecified atom stereocenters. The summed E-state index contributed by atoms with van der Waals surface area (Å²) in [5, 5.41) is 2.65. The van der Waals surface area contributed by atoms with E-state index in [1.165, 1.54) is 32.1 Å². The molecule has 2 heterocycles. The van der Waals surface area contributed by atoms with Crippen molar-refractivity contribution in [3.8, 4) is 0 Å². The van der Waals surface area contributed by atoms with E-state index in [2.05, 4.69) is 111 Å². The number of piperidine rings is 1. The van der Waals surface area contributed by atoms with Crippen LogP contribution in [0.1, 0.15) is 59.8 Å². The first-order chi connectivity index (χ1) is 13.9. The van der Waals surface area contributed by atoms with Gasteiger partial charge in [0.05, 0.1) is 0 Å². The van der Waals surface area contributed by atoms with Crippen molar-refractivity contribution in [2.75, 3.05) is 0 Å². The summed E-state index contributed by atoms with van der Waals surface area (Å²) in [5.41, 5.74) is 0.295. The zero-order valence-corrected chi connectivity index (χ0v) is 32.3. The average Bonchev–Trinajstić information content (AvgIpc) is 2.86. The maximum absolute atomic E-state index is 8.00. The second-order valence-corrected chi connectivity index (χ2v) is 54.5. The molecule has 0 spiro atoms. The summed E-state index contributed by atoms with van der Waals surface area (Å²) >= 11 is -2.60. The second-order valence-electron chi connectivity index (χ2n) is 16.4. The van der Waals surface area contributed by atoms with Crippen molar-refractivity contribution >= 4 is 54.5 Å². The Balaban J connectivity index is 2.88. The molecule has 2 fully saturated rings. The molecule has 0 amide bonds. The van der Waals surface area contributed by atoms with Gasteiger partial charge >= 0.3 is 217 Å². The summed E-state index contributed by atoms with van der Waals surface area (Å²) in [5.74, 6) is 0. The van der Waals surface area contributed by atoms with Gasteiger partial charge in [0, 0.05) is 0 Å². The predicted octanol–water partition coefficient (Wildman–Crippen LogP) is 8.74. The molecule has 0 bridgehead atoms.